The summed E-state index contributed by atoms with van der Waals surface area (Å²) in [5.41, 5.74) is 0.239. The first-order valence-electron chi connectivity index (χ1n) is 5.46. The van der Waals surface area contributed by atoms with E-state index >= 15 is 0 Å². The molecule has 0 saturated carbocycles. The van der Waals surface area contributed by atoms with Crippen LogP contribution in [0.25, 0.3) is 0 Å². The summed E-state index contributed by atoms with van der Waals surface area (Å²) in [6, 6.07) is 4.55. The monoisotopic (exact) mass is 353 g/mol. The number of carbonyl (C=O) groups is 2. The molecule has 1 aromatic rings. The number of amides is 1. The van der Waals surface area contributed by atoms with E-state index in [1.807, 2.05) is 0 Å². The number of benzene rings is 1. The summed E-state index contributed by atoms with van der Waals surface area (Å²) in [6.45, 7) is -0.703. The predicted octanol–water partition coefficient (Wildman–Crippen LogP) is 2.71. The van der Waals surface area contributed by atoms with Crippen molar-refractivity contribution < 1.29 is 27.5 Å². The SMILES string of the molecule is CC(=O)c1cc(Br)ccc1OCC(=O)NCC(F)(F)F. The van der Waals surface area contributed by atoms with Crippen LogP contribution in [0.1, 0.15) is 17.3 Å². The highest BCUT2D eigenvalue weighted by Gasteiger charge is 2.27. The zero-order valence-electron chi connectivity index (χ0n) is 10.4. The number of halogens is 4. The molecule has 4 nitrogen and oxygen atoms in total. The average molecular weight is 354 g/mol. The normalized spacial score (nSPS) is 11.1. The van der Waals surface area contributed by atoms with Gasteiger partial charge in [0.25, 0.3) is 5.91 Å². The number of ether oxygens (including phenoxy) is 1. The second kappa shape index (κ2) is 6.74. The number of hydrogen-bond donors (Lipinski definition) is 1. The lowest BCUT2D eigenvalue weighted by molar-refractivity contribution is -0.139. The molecule has 0 spiro atoms. The highest BCUT2D eigenvalue weighted by Crippen LogP contribution is 2.23. The number of nitrogens with one attached hydrogen (secondary N) is 1. The lowest BCUT2D eigenvalue weighted by Gasteiger charge is -2.11. The van der Waals surface area contributed by atoms with E-state index in [1.54, 1.807) is 11.4 Å². The summed E-state index contributed by atoms with van der Waals surface area (Å²) < 4.78 is 41.4. The summed E-state index contributed by atoms with van der Waals surface area (Å²) in [6.07, 6.45) is -4.47. The second-order valence-corrected chi connectivity index (χ2v) is 4.79. The van der Waals surface area contributed by atoms with Crippen LogP contribution >= 0.6 is 15.9 Å². The highest BCUT2D eigenvalue weighted by atomic mass is 79.9. The Kier molecular flexibility index (Phi) is 5.55. The van der Waals surface area contributed by atoms with E-state index in [0.717, 1.165) is 0 Å². The van der Waals surface area contributed by atoms with Gasteiger partial charge in [0.2, 0.25) is 0 Å². The van der Waals surface area contributed by atoms with Crippen molar-refractivity contribution in [1.29, 1.82) is 0 Å². The number of alkyl halides is 3. The third-order valence-electron chi connectivity index (χ3n) is 2.17. The van der Waals surface area contributed by atoms with Crippen LogP contribution < -0.4 is 10.1 Å². The maximum atomic E-state index is 11.9. The minimum Gasteiger partial charge on any atom is -0.483 e. The van der Waals surface area contributed by atoms with E-state index in [9.17, 15) is 22.8 Å². The Morgan fingerprint density at radius 2 is 2.00 bits per heavy atom. The minimum absolute atomic E-state index is 0.142. The van der Waals surface area contributed by atoms with Crippen LogP contribution in [0, 0.1) is 0 Å². The van der Waals surface area contributed by atoms with Crippen molar-refractivity contribution in [3.05, 3.63) is 28.2 Å². The van der Waals surface area contributed by atoms with Crippen molar-refractivity contribution in [2.24, 2.45) is 0 Å². The number of carbonyl (C=O) groups excluding carboxylic acids is 2. The van der Waals surface area contributed by atoms with Crippen LogP contribution in [-0.2, 0) is 4.79 Å². The molecule has 0 saturated heterocycles. The molecule has 8 heteroatoms. The van der Waals surface area contributed by atoms with Gasteiger partial charge in [0, 0.05) is 4.47 Å². The Labute approximate surface area is 121 Å². The third-order valence-corrected chi connectivity index (χ3v) is 2.66. The minimum atomic E-state index is -4.47. The molecule has 0 unspecified atom stereocenters. The third kappa shape index (κ3) is 5.60. The molecule has 1 amide bonds. The Morgan fingerprint density at radius 1 is 1.35 bits per heavy atom. The first-order valence-corrected chi connectivity index (χ1v) is 6.25. The molecule has 0 bridgehead atoms. The second-order valence-electron chi connectivity index (χ2n) is 3.88. The maximum absolute atomic E-state index is 11.9. The Hall–Kier alpha value is -1.57. The quantitative estimate of drug-likeness (QED) is 0.828. The van der Waals surface area contributed by atoms with Crippen LogP contribution in [0.15, 0.2) is 22.7 Å². The summed E-state index contributed by atoms with van der Waals surface area (Å²) in [5, 5.41) is 1.67. The Bertz CT molecular complexity index is 517. The van der Waals surface area contributed by atoms with Crippen molar-refractivity contribution in [3.8, 4) is 5.75 Å². The lowest BCUT2D eigenvalue weighted by atomic mass is 10.1. The van der Waals surface area contributed by atoms with Gasteiger partial charge in [0.15, 0.2) is 12.4 Å². The van der Waals surface area contributed by atoms with E-state index in [-0.39, 0.29) is 17.1 Å². The molecule has 0 fully saturated rings. The summed E-state index contributed by atoms with van der Waals surface area (Å²) >= 11 is 3.18. The van der Waals surface area contributed by atoms with Crippen molar-refractivity contribution >= 4 is 27.6 Å². The van der Waals surface area contributed by atoms with E-state index in [1.165, 1.54) is 19.1 Å². The number of rotatable bonds is 5. The van der Waals surface area contributed by atoms with Gasteiger partial charge < -0.3 is 10.1 Å². The predicted molar refractivity (Wildman–Crippen MR) is 68.7 cm³/mol. The Balaban J connectivity index is 2.62. The fourth-order valence-corrected chi connectivity index (χ4v) is 1.66. The van der Waals surface area contributed by atoms with E-state index in [0.29, 0.717) is 4.47 Å². The zero-order chi connectivity index (χ0) is 15.3. The van der Waals surface area contributed by atoms with Gasteiger partial charge >= 0.3 is 6.18 Å². The molecule has 1 N–H and O–H groups in total. The van der Waals surface area contributed by atoms with Gasteiger partial charge in [-0.1, -0.05) is 15.9 Å². The van der Waals surface area contributed by atoms with E-state index in [4.69, 9.17) is 4.74 Å². The number of ketones is 1. The smallest absolute Gasteiger partial charge is 0.405 e. The van der Waals surface area contributed by atoms with Gasteiger partial charge in [0.1, 0.15) is 12.3 Å². The highest BCUT2D eigenvalue weighted by molar-refractivity contribution is 9.10. The average Bonchev–Trinajstić information content (AvgIpc) is 2.33. The summed E-state index contributed by atoms with van der Waals surface area (Å²) in [5.74, 6) is -1.06. The first-order chi connectivity index (χ1) is 9.19. The number of Topliss-reactive ketones (excluding diaryl/α,β-unsaturated/α-hetero) is 1. The van der Waals surface area contributed by atoms with Gasteiger partial charge in [-0.3, -0.25) is 9.59 Å². The molecule has 0 aliphatic carbocycles. The van der Waals surface area contributed by atoms with Gasteiger partial charge in [-0.25, -0.2) is 0 Å². The van der Waals surface area contributed by atoms with Crippen LogP contribution in [0.4, 0.5) is 13.2 Å². The number of hydrogen-bond acceptors (Lipinski definition) is 3. The zero-order valence-corrected chi connectivity index (χ0v) is 12.0. The standard InChI is InChI=1S/C12H11BrF3NO3/c1-7(18)9-4-8(13)2-3-10(9)20-5-11(19)17-6-12(14,15)16/h2-4H,5-6H2,1H3,(H,17,19). The molecule has 1 aromatic carbocycles. The molecule has 0 heterocycles. The molecule has 20 heavy (non-hydrogen) atoms. The maximum Gasteiger partial charge on any atom is 0.405 e. The molecule has 0 aliphatic heterocycles. The van der Waals surface area contributed by atoms with Gasteiger partial charge in [-0.15, -0.1) is 0 Å². The van der Waals surface area contributed by atoms with Gasteiger partial charge in [0.05, 0.1) is 5.56 Å². The van der Waals surface area contributed by atoms with Crippen LogP contribution in [0.2, 0.25) is 0 Å². The molecule has 0 radical (unpaired) electrons. The Morgan fingerprint density at radius 3 is 2.55 bits per heavy atom. The topological polar surface area (TPSA) is 55.4 Å². The van der Waals surface area contributed by atoms with Crippen molar-refractivity contribution in [1.82, 2.24) is 5.32 Å². The van der Waals surface area contributed by atoms with Crippen LogP contribution in [0.3, 0.4) is 0 Å². The molecule has 0 aliphatic rings. The van der Waals surface area contributed by atoms with Gasteiger partial charge in [-0.05, 0) is 25.1 Å². The lowest BCUT2D eigenvalue weighted by Crippen LogP contribution is -2.36. The van der Waals surface area contributed by atoms with Crippen molar-refractivity contribution in [2.45, 2.75) is 13.1 Å². The largest absolute Gasteiger partial charge is 0.483 e. The molecular weight excluding hydrogens is 343 g/mol. The first kappa shape index (κ1) is 16.5. The molecule has 1 rings (SSSR count). The van der Waals surface area contributed by atoms with Crippen molar-refractivity contribution in [3.63, 3.8) is 0 Å². The van der Waals surface area contributed by atoms with E-state index < -0.39 is 25.2 Å². The van der Waals surface area contributed by atoms with Crippen LogP contribution in [-0.4, -0.2) is 31.0 Å². The molecular formula is C12H11BrF3NO3. The summed E-state index contributed by atoms with van der Waals surface area (Å²) in [7, 11) is 0. The fraction of sp³-hybridized carbons (Fsp3) is 0.333. The summed E-state index contributed by atoms with van der Waals surface area (Å²) in [4.78, 5) is 22.6. The van der Waals surface area contributed by atoms with Crippen molar-refractivity contribution in [2.75, 3.05) is 13.2 Å². The molecule has 0 atom stereocenters. The molecule has 0 aromatic heterocycles. The van der Waals surface area contributed by atoms with E-state index in [2.05, 4.69) is 15.9 Å². The van der Waals surface area contributed by atoms with Crippen LogP contribution in [0.5, 0.6) is 5.75 Å². The molecule has 110 valence electrons. The fourth-order valence-electron chi connectivity index (χ4n) is 1.30. The van der Waals surface area contributed by atoms with Gasteiger partial charge in [-0.2, -0.15) is 13.2 Å².